The molecule has 1 aliphatic heterocycles. The van der Waals surface area contributed by atoms with Gasteiger partial charge in [-0.2, -0.15) is 5.10 Å². The van der Waals surface area contributed by atoms with Crippen LogP contribution in [0.25, 0.3) is 16.8 Å². The Balaban J connectivity index is 1.16. The predicted molar refractivity (Wildman–Crippen MR) is 167 cm³/mol. The quantitative estimate of drug-likeness (QED) is 0.219. The maximum atomic E-state index is 10.7. The zero-order valence-electron chi connectivity index (χ0n) is 25.4. The molecule has 0 spiro atoms. The van der Waals surface area contributed by atoms with Gasteiger partial charge in [0.15, 0.2) is 6.29 Å². The molecule has 3 unspecified atom stereocenters. The van der Waals surface area contributed by atoms with Gasteiger partial charge < -0.3 is 14.6 Å². The fraction of sp³-hybridized carbons (Fsp3) is 0.343. The van der Waals surface area contributed by atoms with Crippen LogP contribution in [-0.4, -0.2) is 54.5 Å². The Morgan fingerprint density at radius 3 is 2.64 bits per heavy atom. The summed E-state index contributed by atoms with van der Waals surface area (Å²) in [5, 5.41) is 23.9. The van der Waals surface area contributed by atoms with Gasteiger partial charge >= 0.3 is 0 Å². The van der Waals surface area contributed by atoms with Crippen molar-refractivity contribution in [3.05, 3.63) is 113 Å². The van der Waals surface area contributed by atoms with Crippen molar-refractivity contribution < 1.29 is 14.6 Å². The molecule has 1 saturated carbocycles. The van der Waals surface area contributed by atoms with Crippen molar-refractivity contribution in [2.75, 3.05) is 13.7 Å². The highest BCUT2D eigenvalue weighted by atomic mass is 16.6. The fourth-order valence-electron chi connectivity index (χ4n) is 6.44. The highest BCUT2D eigenvalue weighted by molar-refractivity contribution is 5.67. The molecule has 1 N–H and O–H groups in total. The summed E-state index contributed by atoms with van der Waals surface area (Å²) in [6.45, 7) is 4.78. The molecule has 2 aromatic heterocycles. The lowest BCUT2D eigenvalue weighted by molar-refractivity contribution is -0.0775. The van der Waals surface area contributed by atoms with Gasteiger partial charge in [0, 0.05) is 63.0 Å². The Morgan fingerprint density at radius 2 is 1.84 bits per heavy atom. The van der Waals surface area contributed by atoms with Crippen LogP contribution in [0.4, 0.5) is 0 Å². The third kappa shape index (κ3) is 5.66. The highest BCUT2D eigenvalue weighted by Crippen LogP contribution is 2.55. The van der Waals surface area contributed by atoms with Crippen LogP contribution in [0.1, 0.15) is 66.0 Å². The van der Waals surface area contributed by atoms with E-state index in [4.69, 9.17) is 14.6 Å². The summed E-state index contributed by atoms with van der Waals surface area (Å²) in [5.74, 6) is 1.39. The second-order valence-corrected chi connectivity index (χ2v) is 11.9. The molecule has 9 heteroatoms. The van der Waals surface area contributed by atoms with Gasteiger partial charge in [-0.05, 0) is 53.8 Å². The molecule has 3 heterocycles. The lowest BCUT2D eigenvalue weighted by Crippen LogP contribution is -2.32. The van der Waals surface area contributed by atoms with Crippen molar-refractivity contribution in [3.63, 3.8) is 0 Å². The van der Waals surface area contributed by atoms with Gasteiger partial charge in [-0.3, -0.25) is 9.58 Å². The lowest BCUT2D eigenvalue weighted by atomic mass is 10.0. The van der Waals surface area contributed by atoms with E-state index < -0.39 is 6.29 Å². The second kappa shape index (κ2) is 12.0. The Morgan fingerprint density at radius 1 is 1.02 bits per heavy atom. The largest absolute Gasteiger partial charge is 0.489 e. The summed E-state index contributed by atoms with van der Waals surface area (Å²) in [5.41, 5.74) is 8.29. The fourth-order valence-corrected chi connectivity index (χ4v) is 6.44. The van der Waals surface area contributed by atoms with E-state index in [1.807, 2.05) is 24.0 Å². The number of nitrogens with zero attached hydrogens (tertiary/aromatic N) is 6. The van der Waals surface area contributed by atoms with Gasteiger partial charge in [0.2, 0.25) is 0 Å². The standard InChI is InChI=1S/C35H38N6O3/c1-4-28-21-40(20-26-10-5-6-14-33(26)44-28)19-23-9-7-11-24(15-23)25-12-8-13-27(16-25)41-34(31(18-36-41)35(42)43-3)30-17-29(30)32-22-39(2)38-37-32/h5-16,18,22,28-30,35,42H,4,17,19-21H2,1-3H3/t28-,29?,30?,35?/m1/s1. The minimum atomic E-state index is -1.05. The normalized spacial score (nSPS) is 20.5. The number of aliphatic hydroxyl groups excluding tert-OH is 1. The molecule has 1 fully saturated rings. The summed E-state index contributed by atoms with van der Waals surface area (Å²) in [6, 6.07) is 25.6. The zero-order chi connectivity index (χ0) is 30.2. The summed E-state index contributed by atoms with van der Waals surface area (Å²) in [6.07, 6.45) is 4.69. The number of methoxy groups -OCH3 is 1. The van der Waals surface area contributed by atoms with Crippen LogP contribution in [0.2, 0.25) is 0 Å². The first kappa shape index (κ1) is 28.5. The average molecular weight is 591 g/mol. The van der Waals surface area contributed by atoms with Gasteiger partial charge in [0.25, 0.3) is 0 Å². The van der Waals surface area contributed by atoms with Crippen molar-refractivity contribution in [1.82, 2.24) is 29.7 Å². The molecule has 0 radical (unpaired) electrons. The first-order valence-corrected chi connectivity index (χ1v) is 15.3. The molecule has 9 nitrogen and oxygen atoms in total. The lowest BCUT2D eigenvalue weighted by Gasteiger charge is -2.23. The van der Waals surface area contributed by atoms with Crippen LogP contribution in [0, 0.1) is 0 Å². The summed E-state index contributed by atoms with van der Waals surface area (Å²) >= 11 is 0. The first-order chi connectivity index (χ1) is 21.5. The number of hydrogen-bond donors (Lipinski definition) is 1. The Bertz CT molecular complexity index is 1760. The zero-order valence-corrected chi connectivity index (χ0v) is 25.4. The second-order valence-electron chi connectivity index (χ2n) is 11.9. The van der Waals surface area contributed by atoms with E-state index in [-0.39, 0.29) is 17.9 Å². The number of rotatable bonds is 9. The molecule has 4 atom stereocenters. The molecular formula is C35H38N6O3. The van der Waals surface area contributed by atoms with E-state index >= 15 is 0 Å². The van der Waals surface area contributed by atoms with Crippen LogP contribution in [-0.2, 0) is 24.9 Å². The number of ether oxygens (including phenoxy) is 2. The van der Waals surface area contributed by atoms with Crippen molar-refractivity contribution in [2.24, 2.45) is 7.05 Å². The number of aryl methyl sites for hydroxylation is 1. The minimum absolute atomic E-state index is 0.163. The number of aromatic nitrogens is 5. The monoisotopic (exact) mass is 590 g/mol. The summed E-state index contributed by atoms with van der Waals surface area (Å²) in [4.78, 5) is 2.48. The van der Waals surface area contributed by atoms with E-state index in [1.54, 1.807) is 10.9 Å². The molecule has 5 aromatic rings. The average Bonchev–Trinajstić information content (AvgIpc) is 3.57. The van der Waals surface area contributed by atoms with Gasteiger partial charge in [-0.1, -0.05) is 60.7 Å². The smallest absolute Gasteiger partial charge is 0.184 e. The van der Waals surface area contributed by atoms with Crippen molar-refractivity contribution >= 4 is 0 Å². The van der Waals surface area contributed by atoms with Gasteiger partial charge in [0.1, 0.15) is 11.9 Å². The molecule has 226 valence electrons. The maximum absolute atomic E-state index is 10.7. The minimum Gasteiger partial charge on any atom is -0.489 e. The molecule has 0 amide bonds. The predicted octanol–water partition coefficient (Wildman–Crippen LogP) is 5.75. The maximum Gasteiger partial charge on any atom is 0.184 e. The first-order valence-electron chi connectivity index (χ1n) is 15.3. The molecule has 0 bridgehead atoms. The molecule has 3 aromatic carbocycles. The van der Waals surface area contributed by atoms with Crippen LogP contribution in [0.15, 0.2) is 85.2 Å². The van der Waals surface area contributed by atoms with Crippen molar-refractivity contribution in [2.45, 2.75) is 57.1 Å². The molecule has 7 rings (SSSR count). The topological polar surface area (TPSA) is 90.5 Å². The summed E-state index contributed by atoms with van der Waals surface area (Å²) in [7, 11) is 3.38. The van der Waals surface area contributed by atoms with Gasteiger partial charge in [-0.25, -0.2) is 4.68 Å². The number of hydrogen-bond acceptors (Lipinski definition) is 7. The third-order valence-corrected chi connectivity index (χ3v) is 8.80. The van der Waals surface area contributed by atoms with Crippen LogP contribution in [0.3, 0.4) is 0 Å². The number of para-hydroxylation sites is 1. The Kier molecular flexibility index (Phi) is 7.76. The summed E-state index contributed by atoms with van der Waals surface area (Å²) < 4.78 is 15.3. The van der Waals surface area contributed by atoms with E-state index in [2.05, 4.69) is 88.9 Å². The van der Waals surface area contributed by atoms with E-state index in [0.717, 1.165) is 66.4 Å². The molecule has 2 aliphatic rings. The number of aliphatic hydroxyl groups is 1. The Labute approximate surface area is 257 Å². The van der Waals surface area contributed by atoms with Gasteiger partial charge in [0.05, 0.1) is 23.3 Å². The van der Waals surface area contributed by atoms with E-state index in [1.165, 1.54) is 18.2 Å². The van der Waals surface area contributed by atoms with Crippen molar-refractivity contribution in [1.29, 1.82) is 0 Å². The van der Waals surface area contributed by atoms with Crippen LogP contribution in [0.5, 0.6) is 5.75 Å². The third-order valence-electron chi connectivity index (χ3n) is 8.80. The Hall–Kier alpha value is -4.31. The van der Waals surface area contributed by atoms with E-state index in [0.29, 0.717) is 5.56 Å². The van der Waals surface area contributed by atoms with Crippen molar-refractivity contribution in [3.8, 4) is 22.6 Å². The van der Waals surface area contributed by atoms with Gasteiger partial charge in [-0.15, -0.1) is 5.10 Å². The SMILES string of the molecule is CC[C@@H]1CN(Cc2cccc(-c3cccc(-n4ncc(C(O)OC)c4C4CC4c4cn(C)nn4)c3)c2)Cc2ccccc2O1. The molecule has 44 heavy (non-hydrogen) atoms. The van der Waals surface area contributed by atoms with E-state index in [9.17, 15) is 5.11 Å². The highest BCUT2D eigenvalue weighted by Gasteiger charge is 2.45. The molecule has 1 aliphatic carbocycles. The van der Waals surface area contributed by atoms with Crippen LogP contribution >= 0.6 is 0 Å². The van der Waals surface area contributed by atoms with Crippen LogP contribution < -0.4 is 4.74 Å². The molecular weight excluding hydrogens is 552 g/mol. The molecule has 0 saturated heterocycles. The number of fused-ring (bicyclic) bond motifs is 1. The number of benzene rings is 3.